The summed E-state index contributed by atoms with van der Waals surface area (Å²) in [7, 11) is 1.84. The third-order valence-electron chi connectivity index (χ3n) is 3.66. The second-order valence-corrected chi connectivity index (χ2v) is 5.15. The zero-order chi connectivity index (χ0) is 13.0. The predicted molar refractivity (Wildman–Crippen MR) is 74.8 cm³/mol. The molecule has 1 aromatic rings. The van der Waals surface area contributed by atoms with Gasteiger partial charge in [0.15, 0.2) is 0 Å². The van der Waals surface area contributed by atoms with E-state index in [0.717, 1.165) is 5.69 Å². The van der Waals surface area contributed by atoms with Crippen molar-refractivity contribution in [1.29, 1.82) is 0 Å². The lowest BCUT2D eigenvalue weighted by molar-refractivity contribution is -0.117. The molecule has 0 radical (unpaired) electrons. The molecule has 98 valence electrons. The van der Waals surface area contributed by atoms with Crippen molar-refractivity contribution in [2.24, 2.45) is 0 Å². The lowest BCUT2D eigenvalue weighted by Crippen LogP contribution is -2.39. The van der Waals surface area contributed by atoms with Gasteiger partial charge in [-0.25, -0.2) is 0 Å². The Bertz CT molecular complexity index is 411. The molecule has 2 rings (SSSR count). The van der Waals surface area contributed by atoms with Crippen molar-refractivity contribution in [3.8, 4) is 0 Å². The molecule has 0 bridgehead atoms. The lowest BCUT2D eigenvalue weighted by Gasteiger charge is -2.19. The summed E-state index contributed by atoms with van der Waals surface area (Å²) in [4.78, 5) is 13.8. The molecule has 0 aromatic heterocycles. The van der Waals surface area contributed by atoms with E-state index >= 15 is 0 Å². The monoisotopic (exact) mass is 246 g/mol. The Morgan fingerprint density at radius 2 is 2.11 bits per heavy atom. The Balaban J connectivity index is 1.87. The normalized spacial score (nSPS) is 15.9. The van der Waals surface area contributed by atoms with Gasteiger partial charge >= 0.3 is 0 Å². The van der Waals surface area contributed by atoms with E-state index in [0.29, 0.717) is 12.6 Å². The smallest absolute Gasteiger partial charge is 0.240 e. The van der Waals surface area contributed by atoms with Gasteiger partial charge in [-0.05, 0) is 37.5 Å². The summed E-state index contributed by atoms with van der Waals surface area (Å²) in [5, 5.41) is 3.36. The highest BCUT2D eigenvalue weighted by atomic mass is 16.2. The van der Waals surface area contributed by atoms with Crippen LogP contribution in [0.15, 0.2) is 24.3 Å². The van der Waals surface area contributed by atoms with E-state index < -0.39 is 0 Å². The number of hydrogen-bond donors (Lipinski definition) is 1. The van der Waals surface area contributed by atoms with Crippen LogP contribution in [0.2, 0.25) is 0 Å². The average Bonchev–Trinajstić information content (AvgIpc) is 2.88. The van der Waals surface area contributed by atoms with Gasteiger partial charge in [-0.15, -0.1) is 0 Å². The summed E-state index contributed by atoms with van der Waals surface area (Å²) in [6.45, 7) is 2.48. The highest BCUT2D eigenvalue weighted by Crippen LogP contribution is 2.18. The van der Waals surface area contributed by atoms with E-state index in [1.807, 2.05) is 38.2 Å². The van der Waals surface area contributed by atoms with Gasteiger partial charge in [0.05, 0.1) is 6.54 Å². The van der Waals surface area contributed by atoms with Gasteiger partial charge in [0.1, 0.15) is 0 Å². The van der Waals surface area contributed by atoms with Crippen LogP contribution in [-0.2, 0) is 4.79 Å². The molecule has 0 heterocycles. The number of nitrogens with zero attached hydrogens (tertiary/aromatic N) is 1. The maximum Gasteiger partial charge on any atom is 0.240 e. The van der Waals surface area contributed by atoms with E-state index in [9.17, 15) is 4.79 Å². The molecule has 1 aromatic carbocycles. The zero-order valence-electron chi connectivity index (χ0n) is 11.3. The van der Waals surface area contributed by atoms with Crippen molar-refractivity contribution >= 4 is 11.6 Å². The molecular weight excluding hydrogens is 224 g/mol. The van der Waals surface area contributed by atoms with E-state index in [4.69, 9.17) is 0 Å². The molecule has 0 unspecified atom stereocenters. The third kappa shape index (κ3) is 3.33. The number of carbonyl (C=O) groups excluding carboxylic acids is 1. The molecule has 1 aliphatic rings. The first-order valence-corrected chi connectivity index (χ1v) is 6.73. The molecule has 0 aliphatic heterocycles. The number of hydrogen-bond acceptors (Lipinski definition) is 2. The molecule has 3 heteroatoms. The number of benzene rings is 1. The summed E-state index contributed by atoms with van der Waals surface area (Å²) < 4.78 is 0. The standard InChI is InChI=1S/C15H22N2O/c1-12-6-5-9-14(10-12)17(2)15(18)11-16-13-7-3-4-8-13/h5-6,9-10,13,16H,3-4,7-8,11H2,1-2H3. The Labute approximate surface area is 109 Å². The number of anilines is 1. The van der Waals surface area contributed by atoms with Gasteiger partial charge in [0.2, 0.25) is 5.91 Å². The Morgan fingerprint density at radius 3 is 2.78 bits per heavy atom. The molecule has 1 aliphatic carbocycles. The maximum atomic E-state index is 12.1. The van der Waals surface area contributed by atoms with Crippen LogP contribution in [0, 0.1) is 6.92 Å². The first kappa shape index (κ1) is 13.1. The Morgan fingerprint density at radius 1 is 1.39 bits per heavy atom. The number of carbonyl (C=O) groups is 1. The molecule has 0 spiro atoms. The van der Waals surface area contributed by atoms with Gasteiger partial charge in [-0.1, -0.05) is 25.0 Å². The van der Waals surface area contributed by atoms with Crippen molar-refractivity contribution in [3.05, 3.63) is 29.8 Å². The maximum absolute atomic E-state index is 12.1. The number of rotatable bonds is 4. The van der Waals surface area contributed by atoms with Crippen molar-refractivity contribution in [2.45, 2.75) is 38.6 Å². The largest absolute Gasteiger partial charge is 0.314 e. The van der Waals surface area contributed by atoms with Crippen molar-refractivity contribution in [3.63, 3.8) is 0 Å². The van der Waals surface area contributed by atoms with Gasteiger partial charge in [-0.2, -0.15) is 0 Å². The van der Waals surface area contributed by atoms with Crippen molar-refractivity contribution in [2.75, 3.05) is 18.5 Å². The summed E-state index contributed by atoms with van der Waals surface area (Å²) in [6, 6.07) is 8.57. The van der Waals surface area contributed by atoms with E-state index in [2.05, 4.69) is 5.32 Å². The summed E-state index contributed by atoms with van der Waals surface area (Å²) in [5.41, 5.74) is 2.14. The molecule has 3 nitrogen and oxygen atoms in total. The summed E-state index contributed by atoms with van der Waals surface area (Å²) in [5.74, 6) is 0.132. The number of amides is 1. The molecule has 1 fully saturated rings. The fourth-order valence-electron chi connectivity index (χ4n) is 2.46. The molecule has 1 saturated carbocycles. The number of nitrogens with one attached hydrogen (secondary N) is 1. The molecule has 0 saturated heterocycles. The molecule has 1 N–H and O–H groups in total. The summed E-state index contributed by atoms with van der Waals surface area (Å²) in [6.07, 6.45) is 5.00. The van der Waals surface area contributed by atoms with Gasteiger partial charge in [0.25, 0.3) is 0 Å². The highest BCUT2D eigenvalue weighted by Gasteiger charge is 2.17. The highest BCUT2D eigenvalue weighted by molar-refractivity contribution is 5.94. The van der Waals surface area contributed by atoms with Gasteiger partial charge in [0, 0.05) is 18.8 Å². The predicted octanol–water partition coefficient (Wildman–Crippen LogP) is 2.49. The first-order chi connectivity index (χ1) is 8.66. The topological polar surface area (TPSA) is 32.3 Å². The second-order valence-electron chi connectivity index (χ2n) is 5.15. The van der Waals surface area contributed by atoms with Crippen LogP contribution in [0.5, 0.6) is 0 Å². The fraction of sp³-hybridized carbons (Fsp3) is 0.533. The molecule has 0 atom stereocenters. The Hall–Kier alpha value is -1.35. The summed E-state index contributed by atoms with van der Waals surface area (Å²) >= 11 is 0. The Kier molecular flexibility index (Phi) is 4.37. The van der Waals surface area contributed by atoms with Gasteiger partial charge in [-0.3, -0.25) is 4.79 Å². The van der Waals surface area contributed by atoms with E-state index in [1.54, 1.807) is 4.90 Å². The van der Waals surface area contributed by atoms with Crippen molar-refractivity contribution in [1.82, 2.24) is 5.32 Å². The third-order valence-corrected chi connectivity index (χ3v) is 3.66. The quantitative estimate of drug-likeness (QED) is 0.885. The van der Waals surface area contributed by atoms with Crippen LogP contribution in [-0.4, -0.2) is 25.5 Å². The second kappa shape index (κ2) is 6.01. The van der Waals surface area contributed by atoms with Crippen LogP contribution in [0.25, 0.3) is 0 Å². The average molecular weight is 246 g/mol. The number of aryl methyl sites for hydroxylation is 1. The minimum absolute atomic E-state index is 0.132. The van der Waals surface area contributed by atoms with Crippen LogP contribution < -0.4 is 10.2 Å². The van der Waals surface area contributed by atoms with Gasteiger partial charge < -0.3 is 10.2 Å². The molecule has 18 heavy (non-hydrogen) atoms. The lowest BCUT2D eigenvalue weighted by atomic mass is 10.2. The van der Waals surface area contributed by atoms with Crippen molar-refractivity contribution < 1.29 is 4.79 Å². The zero-order valence-corrected chi connectivity index (χ0v) is 11.3. The first-order valence-electron chi connectivity index (χ1n) is 6.73. The van der Waals surface area contributed by atoms with Crippen LogP contribution in [0.3, 0.4) is 0 Å². The van der Waals surface area contributed by atoms with E-state index in [-0.39, 0.29) is 5.91 Å². The SMILES string of the molecule is Cc1cccc(N(C)C(=O)CNC2CCCC2)c1. The molecular formula is C15H22N2O. The minimum Gasteiger partial charge on any atom is -0.314 e. The van der Waals surface area contributed by atoms with Crippen LogP contribution >= 0.6 is 0 Å². The minimum atomic E-state index is 0.132. The van der Waals surface area contributed by atoms with Crippen LogP contribution in [0.1, 0.15) is 31.2 Å². The van der Waals surface area contributed by atoms with Crippen LogP contribution in [0.4, 0.5) is 5.69 Å². The van der Waals surface area contributed by atoms with E-state index in [1.165, 1.54) is 31.2 Å². The fourth-order valence-corrected chi connectivity index (χ4v) is 2.46. The molecule has 1 amide bonds. The number of likely N-dealkylation sites (N-methyl/N-ethyl adjacent to an activating group) is 1.